The number of halogens is 2. The van der Waals surface area contributed by atoms with Gasteiger partial charge in [0, 0.05) is 30.1 Å². The van der Waals surface area contributed by atoms with E-state index in [4.69, 9.17) is 28.9 Å². The number of tetrazole rings is 1. The number of likely N-dealkylation sites (tertiary alicyclic amines) is 1. The standard InChI is InChI=1S/C22H23Cl2N9/c1-2-31-8-4-5-16(13-31)32-12-15(11-27-32)14-9-17(21(25)26-10-14)22-28-29-30-33(22)19-7-3-6-18(23)20(19)24/h3,6-7,9-12,16H,2,4-5,8,13H2,1H3,(H2,25,26)/t16-/m1/s1. The molecule has 0 saturated carbocycles. The van der Waals surface area contributed by atoms with Crippen LogP contribution in [0.3, 0.4) is 0 Å². The van der Waals surface area contributed by atoms with Crippen LogP contribution in [0.5, 0.6) is 0 Å². The van der Waals surface area contributed by atoms with E-state index < -0.39 is 0 Å². The maximum absolute atomic E-state index is 6.40. The van der Waals surface area contributed by atoms with Gasteiger partial charge in [-0.25, -0.2) is 4.98 Å². The number of anilines is 1. The van der Waals surface area contributed by atoms with Gasteiger partial charge in [0.1, 0.15) is 5.82 Å². The minimum atomic E-state index is 0.311. The summed E-state index contributed by atoms with van der Waals surface area (Å²) in [5.74, 6) is 0.732. The van der Waals surface area contributed by atoms with Crippen molar-refractivity contribution >= 4 is 29.0 Å². The molecule has 9 nitrogen and oxygen atoms in total. The molecule has 5 rings (SSSR count). The molecule has 1 aliphatic heterocycles. The number of pyridine rings is 1. The largest absolute Gasteiger partial charge is 0.383 e. The van der Waals surface area contributed by atoms with Crippen molar-refractivity contribution in [3.63, 3.8) is 0 Å². The van der Waals surface area contributed by atoms with Gasteiger partial charge in [-0.3, -0.25) is 4.68 Å². The lowest BCUT2D eigenvalue weighted by Gasteiger charge is -2.31. The Morgan fingerprint density at radius 3 is 2.91 bits per heavy atom. The van der Waals surface area contributed by atoms with Crippen molar-refractivity contribution in [1.82, 2.24) is 39.9 Å². The third-order valence-corrected chi connectivity index (χ3v) is 6.83. The van der Waals surface area contributed by atoms with Crippen LogP contribution in [0.4, 0.5) is 5.82 Å². The molecule has 0 radical (unpaired) electrons. The molecule has 4 aromatic rings. The molecule has 33 heavy (non-hydrogen) atoms. The number of aromatic nitrogens is 7. The topological polar surface area (TPSA) is 104 Å². The van der Waals surface area contributed by atoms with E-state index in [0.717, 1.165) is 37.2 Å². The van der Waals surface area contributed by atoms with Crippen molar-refractivity contribution in [2.24, 2.45) is 0 Å². The van der Waals surface area contributed by atoms with Crippen LogP contribution >= 0.6 is 23.2 Å². The summed E-state index contributed by atoms with van der Waals surface area (Å²) in [5.41, 5.74) is 9.20. The number of hydrogen-bond acceptors (Lipinski definition) is 7. The van der Waals surface area contributed by atoms with E-state index >= 15 is 0 Å². The van der Waals surface area contributed by atoms with Crippen LogP contribution in [0, 0.1) is 0 Å². The second-order valence-electron chi connectivity index (χ2n) is 8.04. The highest BCUT2D eigenvalue weighted by Gasteiger charge is 2.22. The molecule has 11 heteroatoms. The Bertz CT molecular complexity index is 1280. The number of rotatable bonds is 5. The summed E-state index contributed by atoms with van der Waals surface area (Å²) in [6, 6.07) is 7.56. The van der Waals surface area contributed by atoms with E-state index in [2.05, 4.69) is 48.3 Å². The van der Waals surface area contributed by atoms with Crippen molar-refractivity contribution in [3.8, 4) is 28.2 Å². The van der Waals surface area contributed by atoms with Gasteiger partial charge < -0.3 is 10.6 Å². The number of nitrogens with zero attached hydrogens (tertiary/aromatic N) is 8. The molecule has 0 bridgehead atoms. The first-order valence-corrected chi connectivity index (χ1v) is 11.6. The normalized spacial score (nSPS) is 16.9. The van der Waals surface area contributed by atoms with Crippen LogP contribution in [0.2, 0.25) is 10.0 Å². The van der Waals surface area contributed by atoms with E-state index in [9.17, 15) is 0 Å². The number of likely N-dealkylation sites (N-methyl/N-ethyl adjacent to an activating group) is 1. The zero-order valence-electron chi connectivity index (χ0n) is 18.1. The maximum atomic E-state index is 6.40. The summed E-state index contributed by atoms with van der Waals surface area (Å²) in [5, 5.41) is 17.5. The summed E-state index contributed by atoms with van der Waals surface area (Å²) in [4.78, 5) is 6.86. The second-order valence-corrected chi connectivity index (χ2v) is 8.83. The lowest BCUT2D eigenvalue weighted by Crippen LogP contribution is -2.36. The molecule has 1 atom stereocenters. The van der Waals surface area contributed by atoms with E-state index in [1.807, 2.05) is 12.3 Å². The van der Waals surface area contributed by atoms with Crippen LogP contribution in [0.15, 0.2) is 42.9 Å². The molecule has 0 aliphatic carbocycles. The first kappa shape index (κ1) is 21.8. The van der Waals surface area contributed by atoms with Crippen molar-refractivity contribution in [2.75, 3.05) is 25.4 Å². The second kappa shape index (κ2) is 9.09. The van der Waals surface area contributed by atoms with Gasteiger partial charge in [0.05, 0.1) is 33.5 Å². The molecular formula is C22H23Cl2N9. The van der Waals surface area contributed by atoms with Crippen molar-refractivity contribution in [3.05, 3.63) is 52.9 Å². The van der Waals surface area contributed by atoms with Gasteiger partial charge >= 0.3 is 0 Å². The molecule has 0 spiro atoms. The minimum Gasteiger partial charge on any atom is -0.383 e. The Kier molecular flexibility index (Phi) is 6.01. The molecule has 1 aliphatic rings. The van der Waals surface area contributed by atoms with Crippen LogP contribution in [0.1, 0.15) is 25.8 Å². The molecule has 2 N–H and O–H groups in total. The third-order valence-electron chi connectivity index (χ3n) is 6.03. The molecule has 1 saturated heterocycles. The number of nitrogen functional groups attached to an aromatic ring is 1. The summed E-state index contributed by atoms with van der Waals surface area (Å²) in [7, 11) is 0. The van der Waals surface area contributed by atoms with Crippen LogP contribution in [0.25, 0.3) is 28.2 Å². The fourth-order valence-electron chi connectivity index (χ4n) is 4.21. The molecule has 170 valence electrons. The Morgan fingerprint density at radius 2 is 2.06 bits per heavy atom. The van der Waals surface area contributed by atoms with Crippen molar-refractivity contribution < 1.29 is 0 Å². The summed E-state index contributed by atoms with van der Waals surface area (Å²) < 4.78 is 3.57. The zero-order chi connectivity index (χ0) is 22.9. The molecule has 0 amide bonds. The maximum Gasteiger partial charge on any atom is 0.190 e. The lowest BCUT2D eigenvalue weighted by atomic mass is 10.1. The van der Waals surface area contributed by atoms with Gasteiger partial charge in [0.2, 0.25) is 0 Å². The molecular weight excluding hydrogens is 461 g/mol. The van der Waals surface area contributed by atoms with E-state index in [1.165, 1.54) is 11.1 Å². The number of piperidine rings is 1. The average molecular weight is 484 g/mol. The van der Waals surface area contributed by atoms with Crippen molar-refractivity contribution in [2.45, 2.75) is 25.8 Å². The lowest BCUT2D eigenvalue weighted by molar-refractivity contribution is 0.177. The average Bonchev–Trinajstić information content (AvgIpc) is 3.52. The number of nitrogens with two attached hydrogens (primary N) is 1. The first-order valence-electron chi connectivity index (χ1n) is 10.8. The van der Waals surface area contributed by atoms with Gasteiger partial charge in [-0.15, -0.1) is 5.10 Å². The Labute approximate surface area is 201 Å². The van der Waals surface area contributed by atoms with E-state index in [1.54, 1.807) is 24.4 Å². The monoisotopic (exact) mass is 483 g/mol. The molecule has 1 aromatic carbocycles. The third kappa shape index (κ3) is 4.19. The van der Waals surface area contributed by atoms with Gasteiger partial charge in [-0.05, 0) is 54.6 Å². The van der Waals surface area contributed by atoms with E-state index in [-0.39, 0.29) is 0 Å². The number of benzene rings is 1. The summed E-state index contributed by atoms with van der Waals surface area (Å²) in [6.45, 7) is 5.42. The molecule has 1 fully saturated rings. The van der Waals surface area contributed by atoms with Crippen LogP contribution in [-0.4, -0.2) is 59.5 Å². The Morgan fingerprint density at radius 1 is 1.18 bits per heavy atom. The predicted molar refractivity (Wildman–Crippen MR) is 128 cm³/mol. The van der Waals surface area contributed by atoms with Crippen LogP contribution < -0.4 is 5.73 Å². The fraction of sp³-hybridized carbons (Fsp3) is 0.318. The van der Waals surface area contributed by atoms with E-state index in [0.29, 0.717) is 39.0 Å². The molecule has 0 unspecified atom stereocenters. The van der Waals surface area contributed by atoms with Gasteiger partial charge in [0.25, 0.3) is 0 Å². The highest BCUT2D eigenvalue weighted by molar-refractivity contribution is 6.43. The van der Waals surface area contributed by atoms with Gasteiger partial charge in [0.15, 0.2) is 5.82 Å². The Hall–Kier alpha value is -3.01. The smallest absolute Gasteiger partial charge is 0.190 e. The zero-order valence-corrected chi connectivity index (χ0v) is 19.6. The highest BCUT2D eigenvalue weighted by atomic mass is 35.5. The van der Waals surface area contributed by atoms with Crippen LogP contribution in [-0.2, 0) is 0 Å². The summed E-state index contributed by atoms with van der Waals surface area (Å²) >= 11 is 12.6. The van der Waals surface area contributed by atoms with Gasteiger partial charge in [-0.1, -0.05) is 36.2 Å². The minimum absolute atomic E-state index is 0.311. The fourth-order valence-corrected chi connectivity index (χ4v) is 4.58. The SMILES string of the molecule is CCN1CCC[C@@H](n2cc(-c3cnc(N)c(-c4nnnn4-c4cccc(Cl)c4Cl)c3)cn2)C1. The van der Waals surface area contributed by atoms with Crippen molar-refractivity contribution in [1.29, 1.82) is 0 Å². The first-order chi connectivity index (χ1) is 16.0. The molecule has 4 heterocycles. The summed E-state index contributed by atoms with van der Waals surface area (Å²) in [6.07, 6.45) is 7.96. The highest BCUT2D eigenvalue weighted by Crippen LogP contribution is 2.33. The Balaban J connectivity index is 1.49. The number of hydrogen-bond donors (Lipinski definition) is 1. The van der Waals surface area contributed by atoms with Gasteiger partial charge in [-0.2, -0.15) is 9.78 Å². The predicted octanol–water partition coefficient (Wildman–Crippen LogP) is 4.13. The molecule has 3 aromatic heterocycles. The quantitative estimate of drug-likeness (QED) is 0.454.